The Bertz CT molecular complexity index is 286. The Labute approximate surface area is 109 Å². The van der Waals surface area contributed by atoms with Crippen molar-refractivity contribution in [2.24, 2.45) is 4.99 Å². The van der Waals surface area contributed by atoms with Gasteiger partial charge < -0.3 is 10.2 Å². The molecule has 0 radical (unpaired) electrons. The number of aliphatic imine (C=N–C) groups is 1. The molecule has 2 saturated heterocycles. The maximum Gasteiger partial charge on any atom is 0.157 e. The third-order valence-electron chi connectivity index (χ3n) is 3.78. The summed E-state index contributed by atoms with van der Waals surface area (Å²) in [6.07, 6.45) is 3.90. The molecule has 0 saturated carbocycles. The van der Waals surface area contributed by atoms with Crippen LogP contribution < -0.4 is 5.32 Å². The number of rotatable bonds is 4. The smallest absolute Gasteiger partial charge is 0.157 e. The Balaban J connectivity index is 1.82. The van der Waals surface area contributed by atoms with Gasteiger partial charge in [0.15, 0.2) is 5.17 Å². The predicted molar refractivity (Wildman–Crippen MR) is 76.9 cm³/mol. The Kier molecular flexibility index (Phi) is 4.36. The van der Waals surface area contributed by atoms with Crippen LogP contribution in [0, 0.1) is 0 Å². The number of thioether (sulfide) groups is 1. The third kappa shape index (κ3) is 3.62. The van der Waals surface area contributed by atoms with E-state index in [9.17, 15) is 0 Å². The molecule has 2 rings (SSSR count). The lowest BCUT2D eigenvalue weighted by molar-refractivity contribution is 0.321. The molecule has 0 aliphatic carbocycles. The zero-order valence-corrected chi connectivity index (χ0v) is 12.1. The minimum Gasteiger partial charge on any atom is -0.359 e. The number of hydrogen-bond donors (Lipinski definition) is 1. The minimum absolute atomic E-state index is 0.261. The van der Waals surface area contributed by atoms with Crippen molar-refractivity contribution in [1.29, 1.82) is 0 Å². The Morgan fingerprint density at radius 3 is 2.76 bits per heavy atom. The van der Waals surface area contributed by atoms with Gasteiger partial charge in [0.05, 0.1) is 6.04 Å². The summed E-state index contributed by atoms with van der Waals surface area (Å²) in [4.78, 5) is 7.34. The molecule has 2 aliphatic rings. The van der Waals surface area contributed by atoms with Crippen molar-refractivity contribution in [3.8, 4) is 0 Å². The maximum absolute atomic E-state index is 4.81. The number of nitrogens with zero attached hydrogens (tertiary/aromatic N) is 2. The van der Waals surface area contributed by atoms with Gasteiger partial charge in [-0.3, -0.25) is 4.99 Å². The zero-order chi connectivity index (χ0) is 12.3. The van der Waals surface area contributed by atoms with Gasteiger partial charge in [0.2, 0.25) is 0 Å². The molecule has 0 amide bonds. The summed E-state index contributed by atoms with van der Waals surface area (Å²) in [6.45, 7) is 10.4. The quantitative estimate of drug-likeness (QED) is 0.835. The second-order valence-corrected chi connectivity index (χ2v) is 6.58. The second kappa shape index (κ2) is 5.61. The van der Waals surface area contributed by atoms with Gasteiger partial charge in [0.25, 0.3) is 0 Å². The van der Waals surface area contributed by atoms with E-state index in [-0.39, 0.29) is 5.54 Å². The van der Waals surface area contributed by atoms with Crippen LogP contribution in [0.3, 0.4) is 0 Å². The minimum atomic E-state index is 0.261. The molecule has 17 heavy (non-hydrogen) atoms. The van der Waals surface area contributed by atoms with Crippen molar-refractivity contribution in [3.05, 3.63) is 0 Å². The predicted octanol–water partition coefficient (Wildman–Crippen LogP) is 2.33. The van der Waals surface area contributed by atoms with Gasteiger partial charge in [-0.15, -0.1) is 0 Å². The monoisotopic (exact) mass is 255 g/mol. The molecule has 2 heterocycles. The van der Waals surface area contributed by atoms with Crippen molar-refractivity contribution in [3.63, 3.8) is 0 Å². The Morgan fingerprint density at radius 1 is 1.47 bits per heavy atom. The highest BCUT2D eigenvalue weighted by Crippen LogP contribution is 2.25. The van der Waals surface area contributed by atoms with E-state index in [0.717, 1.165) is 17.5 Å². The Hall–Kier alpha value is -0.220. The van der Waals surface area contributed by atoms with E-state index < -0.39 is 0 Å². The fraction of sp³-hybridized carbons (Fsp3) is 0.923. The molecule has 2 unspecified atom stereocenters. The van der Waals surface area contributed by atoms with Crippen LogP contribution in [0.1, 0.15) is 40.0 Å². The standard InChI is InChI=1S/C13H25N3S/c1-4-13(3)10-17-12(15-13)14-11(2)9-16-7-5-6-8-16/h11H,4-10H2,1-3H3,(H,14,15). The molecule has 0 spiro atoms. The summed E-state index contributed by atoms with van der Waals surface area (Å²) in [7, 11) is 0. The molecule has 1 N–H and O–H groups in total. The average Bonchev–Trinajstić information content (AvgIpc) is 2.90. The van der Waals surface area contributed by atoms with Gasteiger partial charge in [-0.05, 0) is 46.2 Å². The van der Waals surface area contributed by atoms with Gasteiger partial charge in [-0.2, -0.15) is 0 Å². The van der Waals surface area contributed by atoms with E-state index in [1.54, 1.807) is 0 Å². The zero-order valence-electron chi connectivity index (χ0n) is 11.3. The molecule has 98 valence electrons. The third-order valence-corrected chi connectivity index (χ3v) is 5.04. The molecule has 2 aliphatic heterocycles. The van der Waals surface area contributed by atoms with Gasteiger partial charge in [0.1, 0.15) is 0 Å². The van der Waals surface area contributed by atoms with Gasteiger partial charge in [0, 0.05) is 17.8 Å². The molecule has 3 nitrogen and oxygen atoms in total. The summed E-state index contributed by atoms with van der Waals surface area (Å²) in [6, 6.07) is 0.419. The fourth-order valence-corrected chi connectivity index (χ4v) is 3.70. The van der Waals surface area contributed by atoms with E-state index in [2.05, 4.69) is 31.0 Å². The van der Waals surface area contributed by atoms with Gasteiger partial charge in [-0.25, -0.2) is 0 Å². The van der Waals surface area contributed by atoms with Crippen LogP contribution in [0.5, 0.6) is 0 Å². The molecule has 2 fully saturated rings. The summed E-state index contributed by atoms with van der Waals surface area (Å²) >= 11 is 1.88. The lowest BCUT2D eigenvalue weighted by Crippen LogP contribution is -2.40. The highest BCUT2D eigenvalue weighted by molar-refractivity contribution is 8.14. The lowest BCUT2D eigenvalue weighted by Gasteiger charge is -2.21. The van der Waals surface area contributed by atoms with Crippen LogP contribution in [-0.2, 0) is 0 Å². The molecule has 0 bridgehead atoms. The molecule has 2 atom stereocenters. The van der Waals surface area contributed by atoms with E-state index in [4.69, 9.17) is 4.99 Å². The molecular formula is C13H25N3S. The average molecular weight is 255 g/mol. The van der Waals surface area contributed by atoms with Crippen LogP contribution in [-0.4, -0.2) is 47.0 Å². The van der Waals surface area contributed by atoms with Crippen LogP contribution in [0.25, 0.3) is 0 Å². The Morgan fingerprint density at radius 2 is 2.18 bits per heavy atom. The van der Waals surface area contributed by atoms with Crippen LogP contribution >= 0.6 is 11.8 Å². The van der Waals surface area contributed by atoms with Crippen LogP contribution in [0.2, 0.25) is 0 Å². The molecule has 0 aromatic heterocycles. The first-order valence-corrected chi connectivity index (χ1v) is 7.81. The van der Waals surface area contributed by atoms with Crippen LogP contribution in [0.15, 0.2) is 4.99 Å². The highest BCUT2D eigenvalue weighted by Gasteiger charge is 2.30. The number of hydrogen-bond acceptors (Lipinski definition) is 3. The topological polar surface area (TPSA) is 27.6 Å². The summed E-state index contributed by atoms with van der Waals surface area (Å²) in [5.41, 5.74) is 0.261. The molecule has 0 aromatic carbocycles. The van der Waals surface area contributed by atoms with E-state index >= 15 is 0 Å². The normalized spacial score (nSPS) is 34.2. The summed E-state index contributed by atoms with van der Waals surface area (Å²) < 4.78 is 0. The van der Waals surface area contributed by atoms with E-state index in [1.807, 2.05) is 11.8 Å². The second-order valence-electron chi connectivity index (χ2n) is 5.62. The van der Waals surface area contributed by atoms with Crippen molar-refractivity contribution in [1.82, 2.24) is 10.2 Å². The van der Waals surface area contributed by atoms with E-state index in [1.165, 1.54) is 32.4 Å². The number of nitrogens with one attached hydrogen (secondary N) is 1. The fourth-order valence-electron chi connectivity index (χ4n) is 2.40. The maximum atomic E-state index is 4.81. The van der Waals surface area contributed by atoms with Crippen molar-refractivity contribution >= 4 is 16.9 Å². The van der Waals surface area contributed by atoms with Crippen molar-refractivity contribution in [2.75, 3.05) is 25.4 Å². The van der Waals surface area contributed by atoms with Gasteiger partial charge >= 0.3 is 0 Å². The van der Waals surface area contributed by atoms with Crippen LogP contribution in [0.4, 0.5) is 0 Å². The first-order chi connectivity index (χ1) is 8.11. The van der Waals surface area contributed by atoms with Gasteiger partial charge in [-0.1, -0.05) is 18.7 Å². The number of amidine groups is 1. The SMILES string of the molecule is CCC1(C)CSC(=NC(C)CN2CCCC2)N1. The van der Waals surface area contributed by atoms with Crippen molar-refractivity contribution < 1.29 is 0 Å². The first-order valence-electron chi connectivity index (χ1n) is 6.82. The molecule has 0 aromatic rings. The summed E-state index contributed by atoms with van der Waals surface area (Å²) in [5, 5.41) is 4.72. The first kappa shape index (κ1) is 13.2. The van der Waals surface area contributed by atoms with Crippen molar-refractivity contribution in [2.45, 2.75) is 51.6 Å². The summed E-state index contributed by atoms with van der Waals surface area (Å²) in [5.74, 6) is 1.15. The lowest BCUT2D eigenvalue weighted by atomic mass is 10.0. The molecular weight excluding hydrogens is 230 g/mol. The molecule has 4 heteroatoms. The highest BCUT2D eigenvalue weighted by atomic mass is 32.2. The van der Waals surface area contributed by atoms with E-state index in [0.29, 0.717) is 6.04 Å². The largest absolute Gasteiger partial charge is 0.359 e. The number of likely N-dealkylation sites (tertiary alicyclic amines) is 1.